The van der Waals surface area contributed by atoms with Crippen LogP contribution in [0.2, 0.25) is 12.6 Å². The van der Waals surface area contributed by atoms with Gasteiger partial charge in [0.1, 0.15) is 0 Å². The molecule has 0 aromatic heterocycles. The lowest BCUT2D eigenvalue weighted by Gasteiger charge is -2.27. The molecule has 0 unspecified atom stereocenters. The monoisotopic (exact) mass is 310 g/mol. The first kappa shape index (κ1) is 18.8. The fourth-order valence-electron chi connectivity index (χ4n) is 1.44. The van der Waals surface area contributed by atoms with E-state index in [0.717, 1.165) is 6.04 Å². The molecule has 0 spiro atoms. The number of hydrogen-bond donors (Lipinski definition) is 0. The van der Waals surface area contributed by atoms with Crippen LogP contribution in [0.3, 0.4) is 0 Å². The molecule has 0 N–H and O–H groups in total. The van der Waals surface area contributed by atoms with E-state index < -0.39 is 8.56 Å². The molecular weight excluding hydrogens is 280 g/mol. The van der Waals surface area contributed by atoms with Crippen LogP contribution in [-0.2, 0) is 8.85 Å². The zero-order chi connectivity index (χ0) is 13.9. The van der Waals surface area contributed by atoms with Gasteiger partial charge < -0.3 is 8.85 Å². The van der Waals surface area contributed by atoms with Crippen molar-refractivity contribution in [2.24, 2.45) is 0 Å². The first-order valence-electron chi connectivity index (χ1n) is 6.95. The first-order valence-corrected chi connectivity index (χ1v) is 11.6. The maximum Gasteiger partial charge on any atom is 0.336 e. The summed E-state index contributed by atoms with van der Waals surface area (Å²) in [6.45, 7) is 6.67. The Bertz CT molecular complexity index is 180. The van der Waals surface area contributed by atoms with Crippen LogP contribution in [0.4, 0.5) is 0 Å². The van der Waals surface area contributed by atoms with Gasteiger partial charge in [0, 0.05) is 20.3 Å². The molecule has 0 heterocycles. The van der Waals surface area contributed by atoms with Crippen LogP contribution in [0.5, 0.6) is 0 Å². The van der Waals surface area contributed by atoms with E-state index in [4.69, 9.17) is 8.85 Å². The Kier molecular flexibility index (Phi) is 12.2. The van der Waals surface area contributed by atoms with Gasteiger partial charge in [0.15, 0.2) is 0 Å². The summed E-state index contributed by atoms with van der Waals surface area (Å²) in [5, 5.41) is 0. The second-order valence-corrected chi connectivity index (χ2v) is 11.0. The summed E-state index contributed by atoms with van der Waals surface area (Å²) >= 11 is 4.18. The minimum atomic E-state index is -1.92. The average Bonchev–Trinajstić information content (AvgIpc) is 2.39. The quantitative estimate of drug-likeness (QED) is 0.294. The maximum absolute atomic E-state index is 5.62. The Morgan fingerprint density at radius 2 is 1.39 bits per heavy atom. The molecule has 0 saturated carbocycles. The lowest BCUT2D eigenvalue weighted by molar-refractivity contribution is 0.251. The predicted octanol–water partition coefficient (Wildman–Crippen LogP) is 4.74. The predicted molar refractivity (Wildman–Crippen MR) is 89.0 cm³/mol. The molecule has 0 aliphatic heterocycles. The summed E-state index contributed by atoms with van der Waals surface area (Å²) in [6, 6.07) is 1.09. The molecule has 2 nitrogen and oxygen atoms in total. The zero-order valence-corrected chi connectivity index (χ0v) is 15.3. The number of thioether (sulfide) groups is 2. The second-order valence-electron chi connectivity index (χ2n) is 4.62. The van der Waals surface area contributed by atoms with Crippen molar-refractivity contribution in [3.05, 3.63) is 0 Å². The van der Waals surface area contributed by atoms with Crippen LogP contribution in [0.25, 0.3) is 0 Å². The Hall–Kier alpha value is 0.837. The fraction of sp³-hybridized carbons (Fsp3) is 1.00. The highest BCUT2D eigenvalue weighted by Crippen LogP contribution is 2.33. The van der Waals surface area contributed by atoms with E-state index in [9.17, 15) is 0 Å². The Morgan fingerprint density at radius 1 is 0.944 bits per heavy atom. The van der Waals surface area contributed by atoms with Crippen molar-refractivity contribution in [3.8, 4) is 0 Å². The number of unbranched alkanes of at least 4 members (excludes halogenated alkanes) is 2. The third kappa shape index (κ3) is 8.86. The van der Waals surface area contributed by atoms with Gasteiger partial charge in [-0.2, -0.15) is 0 Å². The van der Waals surface area contributed by atoms with Crippen LogP contribution in [0.15, 0.2) is 0 Å². The van der Waals surface area contributed by atoms with E-state index in [2.05, 4.69) is 43.9 Å². The van der Waals surface area contributed by atoms with Gasteiger partial charge in [-0.3, -0.25) is 0 Å². The molecule has 0 aromatic rings. The molecular formula is C13H30O2S2Si. The SMILES string of the molecule is CCCCSC(C[Si](C)(OC)OC)SCCCC. The molecule has 5 heteroatoms. The minimum Gasteiger partial charge on any atom is -0.398 e. The van der Waals surface area contributed by atoms with Gasteiger partial charge in [0.25, 0.3) is 0 Å². The number of rotatable bonds is 12. The van der Waals surface area contributed by atoms with Crippen molar-refractivity contribution >= 4 is 32.1 Å². The van der Waals surface area contributed by atoms with Crippen molar-refractivity contribution in [2.45, 2.75) is 56.7 Å². The van der Waals surface area contributed by atoms with E-state index in [-0.39, 0.29) is 0 Å². The summed E-state index contributed by atoms with van der Waals surface area (Å²) in [4.78, 5) is 0. The summed E-state index contributed by atoms with van der Waals surface area (Å²) in [6.07, 6.45) is 5.19. The second kappa shape index (κ2) is 11.6. The highest BCUT2D eigenvalue weighted by atomic mass is 32.2. The van der Waals surface area contributed by atoms with Crippen molar-refractivity contribution in [3.63, 3.8) is 0 Å². The average molecular weight is 311 g/mol. The summed E-state index contributed by atoms with van der Waals surface area (Å²) in [7, 11) is 1.66. The van der Waals surface area contributed by atoms with Gasteiger partial charge in [0.2, 0.25) is 0 Å². The van der Waals surface area contributed by atoms with E-state index in [1.807, 2.05) is 0 Å². The van der Waals surface area contributed by atoms with E-state index in [1.54, 1.807) is 14.2 Å². The van der Waals surface area contributed by atoms with Crippen LogP contribution in [-0.4, -0.2) is 38.9 Å². The standard InChI is InChI=1S/C13H30O2S2Si/c1-6-8-10-16-13(17-11-9-7-2)12-18(5,14-3)15-4/h13H,6-12H2,1-5H3. The first-order chi connectivity index (χ1) is 8.61. The molecule has 18 heavy (non-hydrogen) atoms. The van der Waals surface area contributed by atoms with Gasteiger partial charge in [-0.1, -0.05) is 26.7 Å². The van der Waals surface area contributed by atoms with Gasteiger partial charge in [0.05, 0.1) is 4.58 Å². The molecule has 0 aliphatic rings. The molecule has 110 valence electrons. The largest absolute Gasteiger partial charge is 0.398 e. The smallest absolute Gasteiger partial charge is 0.336 e. The Morgan fingerprint density at radius 3 is 1.72 bits per heavy atom. The van der Waals surface area contributed by atoms with Crippen molar-refractivity contribution in [1.29, 1.82) is 0 Å². The maximum atomic E-state index is 5.62. The lowest BCUT2D eigenvalue weighted by Crippen LogP contribution is -2.38. The normalized spacial score (nSPS) is 12.3. The summed E-state index contributed by atoms with van der Waals surface area (Å²) in [5.41, 5.74) is 0. The van der Waals surface area contributed by atoms with Gasteiger partial charge in [-0.15, -0.1) is 23.5 Å². The van der Waals surface area contributed by atoms with E-state index in [1.165, 1.54) is 37.2 Å². The Labute approximate surface area is 123 Å². The van der Waals surface area contributed by atoms with Crippen molar-refractivity contribution in [2.75, 3.05) is 25.7 Å². The highest BCUT2D eigenvalue weighted by molar-refractivity contribution is 8.17. The molecule has 0 fully saturated rings. The van der Waals surface area contributed by atoms with Gasteiger partial charge >= 0.3 is 8.56 Å². The topological polar surface area (TPSA) is 18.5 Å². The molecule has 0 rings (SSSR count). The molecule has 0 saturated heterocycles. The molecule has 0 aliphatic carbocycles. The molecule has 0 aromatic carbocycles. The van der Waals surface area contributed by atoms with E-state index in [0.29, 0.717) is 4.58 Å². The zero-order valence-electron chi connectivity index (χ0n) is 12.7. The highest BCUT2D eigenvalue weighted by Gasteiger charge is 2.32. The minimum absolute atomic E-state index is 0.639. The molecule has 0 atom stereocenters. The number of hydrogen-bond acceptors (Lipinski definition) is 4. The summed E-state index contributed by atoms with van der Waals surface area (Å²) < 4.78 is 11.9. The summed E-state index contributed by atoms with van der Waals surface area (Å²) in [5.74, 6) is 2.52. The molecule has 0 radical (unpaired) electrons. The van der Waals surface area contributed by atoms with Crippen molar-refractivity contribution < 1.29 is 8.85 Å². The van der Waals surface area contributed by atoms with Crippen LogP contribution >= 0.6 is 23.5 Å². The van der Waals surface area contributed by atoms with Gasteiger partial charge in [-0.25, -0.2) is 0 Å². The Balaban J connectivity index is 4.16. The van der Waals surface area contributed by atoms with Crippen LogP contribution in [0, 0.1) is 0 Å². The third-order valence-electron chi connectivity index (χ3n) is 3.00. The van der Waals surface area contributed by atoms with Crippen molar-refractivity contribution in [1.82, 2.24) is 0 Å². The van der Waals surface area contributed by atoms with Crippen LogP contribution in [0.1, 0.15) is 39.5 Å². The van der Waals surface area contributed by atoms with Crippen LogP contribution < -0.4 is 0 Å². The van der Waals surface area contributed by atoms with E-state index >= 15 is 0 Å². The molecule has 0 amide bonds. The van der Waals surface area contributed by atoms with Gasteiger partial charge in [-0.05, 0) is 30.9 Å². The third-order valence-corrected chi connectivity index (χ3v) is 9.42. The molecule has 0 bridgehead atoms. The lowest BCUT2D eigenvalue weighted by atomic mass is 10.4. The fourth-order valence-corrected chi connectivity index (χ4v) is 7.70.